The summed E-state index contributed by atoms with van der Waals surface area (Å²) in [7, 11) is 0. The summed E-state index contributed by atoms with van der Waals surface area (Å²) >= 11 is 7.90. The number of hydrogen-bond donors (Lipinski definition) is 2. The molecule has 9 nitrogen and oxygen atoms in total. The number of benzene rings is 2. The second-order valence-corrected chi connectivity index (χ2v) is 12.4. The highest BCUT2D eigenvalue weighted by Gasteiger charge is 2.47. The number of nitrogens with zero attached hydrogens (tertiary/aromatic N) is 2. The van der Waals surface area contributed by atoms with Crippen molar-refractivity contribution in [1.29, 1.82) is 0 Å². The molecule has 0 radical (unpaired) electrons. The summed E-state index contributed by atoms with van der Waals surface area (Å²) in [5, 5.41) is 13.1. The molecule has 4 aromatic rings. The van der Waals surface area contributed by atoms with Gasteiger partial charge in [0.15, 0.2) is 10.9 Å². The molecule has 2 fully saturated rings. The second-order valence-electron chi connectivity index (χ2n) is 10.9. The standard InChI is InChI=1S/C31H29ClFN3O6S/c32-23-12-18(24(33)14-25(23)35-29(40)22-17-41-26-5-2-1-4-21(22)26)13-27(37)31(9-3-10-31)42-19-8-11-36(16-19)30-34-15-20(43-30)6-7-28(38)39/h1-2,4-5,12,14-15,17,19H,3,6-11,13,16H2,(H,35,40)(H,38,39)/t19-/m0/s1. The van der Waals surface area contributed by atoms with Gasteiger partial charge in [0.2, 0.25) is 0 Å². The van der Waals surface area contributed by atoms with Gasteiger partial charge in [-0.05, 0) is 55.9 Å². The fraction of sp³-hybridized carbons (Fsp3) is 0.355. The number of carboxylic acids is 1. The van der Waals surface area contributed by atoms with Crippen LogP contribution in [0.3, 0.4) is 0 Å². The Morgan fingerprint density at radius 2 is 2.07 bits per heavy atom. The number of hydrogen-bond acceptors (Lipinski definition) is 8. The Kier molecular flexibility index (Phi) is 8.21. The zero-order valence-electron chi connectivity index (χ0n) is 23.1. The molecule has 2 aromatic carbocycles. The van der Waals surface area contributed by atoms with Crippen molar-refractivity contribution in [3.05, 3.63) is 75.7 Å². The number of carbonyl (C=O) groups is 3. The summed E-state index contributed by atoms with van der Waals surface area (Å²) in [6, 6.07) is 9.60. The first-order valence-corrected chi connectivity index (χ1v) is 15.3. The number of fused-ring (bicyclic) bond motifs is 1. The number of ketones is 1. The number of halogens is 2. The van der Waals surface area contributed by atoms with Crippen molar-refractivity contribution in [1.82, 2.24) is 4.98 Å². The highest BCUT2D eigenvalue weighted by molar-refractivity contribution is 7.15. The van der Waals surface area contributed by atoms with E-state index in [-0.39, 0.29) is 41.0 Å². The van der Waals surface area contributed by atoms with Crippen molar-refractivity contribution < 1.29 is 33.0 Å². The van der Waals surface area contributed by atoms with E-state index < -0.39 is 23.3 Å². The van der Waals surface area contributed by atoms with Gasteiger partial charge in [0.1, 0.15) is 23.3 Å². The van der Waals surface area contributed by atoms with Crippen LogP contribution in [0.25, 0.3) is 11.0 Å². The second kappa shape index (κ2) is 12.1. The van der Waals surface area contributed by atoms with Gasteiger partial charge in [0.05, 0.1) is 28.8 Å². The zero-order valence-corrected chi connectivity index (χ0v) is 24.7. The van der Waals surface area contributed by atoms with Gasteiger partial charge in [0.25, 0.3) is 5.91 Å². The van der Waals surface area contributed by atoms with Crippen LogP contribution in [0.2, 0.25) is 5.02 Å². The Morgan fingerprint density at radius 1 is 1.26 bits per heavy atom. The summed E-state index contributed by atoms with van der Waals surface area (Å²) in [5.74, 6) is -2.17. The number of rotatable bonds is 11. The van der Waals surface area contributed by atoms with Crippen LogP contribution in [0.5, 0.6) is 0 Å². The monoisotopic (exact) mass is 625 g/mol. The Morgan fingerprint density at radius 3 is 2.84 bits per heavy atom. The molecule has 2 aliphatic rings. The van der Waals surface area contributed by atoms with Crippen molar-refractivity contribution in [3.8, 4) is 0 Å². The summed E-state index contributed by atoms with van der Waals surface area (Å²) < 4.78 is 27.1. The molecule has 1 amide bonds. The first-order valence-electron chi connectivity index (χ1n) is 14.1. The number of Topliss-reactive ketones (excluding diaryl/α,β-unsaturated/α-hetero) is 1. The normalized spacial score (nSPS) is 17.6. The predicted octanol–water partition coefficient (Wildman–Crippen LogP) is 6.28. The van der Waals surface area contributed by atoms with Crippen molar-refractivity contribution in [3.63, 3.8) is 0 Å². The number of aliphatic carboxylic acids is 1. The van der Waals surface area contributed by atoms with E-state index in [4.69, 9.17) is 25.9 Å². The number of furan rings is 1. The van der Waals surface area contributed by atoms with Crippen LogP contribution >= 0.6 is 22.9 Å². The van der Waals surface area contributed by atoms with E-state index in [1.165, 1.54) is 23.7 Å². The van der Waals surface area contributed by atoms with Gasteiger partial charge in [-0.25, -0.2) is 9.37 Å². The summed E-state index contributed by atoms with van der Waals surface area (Å²) in [6.45, 7) is 1.29. The molecule has 12 heteroatoms. The Labute approximate surface area is 255 Å². The number of amides is 1. The number of aryl methyl sites for hydroxylation is 1. The number of ether oxygens (including phenoxy) is 1. The molecule has 6 rings (SSSR count). The van der Waals surface area contributed by atoms with Crippen LogP contribution in [0.15, 0.2) is 53.3 Å². The molecule has 2 aromatic heterocycles. The third kappa shape index (κ3) is 6.15. The Hall–Kier alpha value is -3.80. The van der Waals surface area contributed by atoms with Crippen molar-refractivity contribution >= 4 is 62.4 Å². The molecule has 2 N–H and O–H groups in total. The van der Waals surface area contributed by atoms with E-state index in [9.17, 15) is 14.4 Å². The number of para-hydroxylation sites is 1. The van der Waals surface area contributed by atoms with E-state index in [0.29, 0.717) is 48.9 Å². The molecule has 43 heavy (non-hydrogen) atoms. The highest BCUT2D eigenvalue weighted by atomic mass is 35.5. The number of carboxylic acid groups (broad SMARTS) is 1. The minimum Gasteiger partial charge on any atom is -0.481 e. The molecule has 1 aliphatic heterocycles. The van der Waals surface area contributed by atoms with E-state index in [2.05, 4.69) is 15.2 Å². The third-order valence-corrected chi connectivity index (χ3v) is 9.50. The van der Waals surface area contributed by atoms with Crippen LogP contribution in [0, 0.1) is 5.82 Å². The smallest absolute Gasteiger partial charge is 0.303 e. The first-order chi connectivity index (χ1) is 20.7. The average Bonchev–Trinajstić information content (AvgIpc) is 3.72. The topological polar surface area (TPSA) is 122 Å². The van der Waals surface area contributed by atoms with Crippen LogP contribution in [0.1, 0.15) is 52.9 Å². The van der Waals surface area contributed by atoms with Gasteiger partial charge in [-0.2, -0.15) is 0 Å². The molecule has 1 saturated carbocycles. The van der Waals surface area contributed by atoms with Gasteiger partial charge >= 0.3 is 5.97 Å². The maximum atomic E-state index is 15.2. The molecule has 0 unspecified atom stereocenters. The molecule has 1 atom stereocenters. The van der Waals surface area contributed by atoms with Gasteiger partial charge in [0, 0.05) is 36.0 Å². The molecule has 0 spiro atoms. The minimum atomic E-state index is -0.968. The van der Waals surface area contributed by atoms with Gasteiger partial charge in [-0.15, -0.1) is 11.3 Å². The lowest BCUT2D eigenvalue weighted by molar-refractivity contribution is -0.167. The number of aromatic nitrogens is 1. The number of anilines is 2. The van der Waals surface area contributed by atoms with Crippen LogP contribution < -0.4 is 10.2 Å². The lowest BCUT2D eigenvalue weighted by Gasteiger charge is -2.42. The van der Waals surface area contributed by atoms with Crippen molar-refractivity contribution in [2.45, 2.75) is 56.7 Å². The molecule has 224 valence electrons. The quantitative estimate of drug-likeness (QED) is 0.200. The lowest BCUT2D eigenvalue weighted by atomic mass is 9.75. The number of nitrogens with one attached hydrogen (secondary N) is 1. The third-order valence-electron chi connectivity index (χ3n) is 8.06. The van der Waals surface area contributed by atoms with Crippen molar-refractivity contribution in [2.75, 3.05) is 23.3 Å². The molecule has 0 bridgehead atoms. The number of thiazole rings is 1. The van der Waals surface area contributed by atoms with Crippen LogP contribution in [-0.4, -0.2) is 52.5 Å². The summed E-state index contributed by atoms with van der Waals surface area (Å²) in [5.41, 5.74) is 0.126. The summed E-state index contributed by atoms with van der Waals surface area (Å²) in [6.07, 6.45) is 5.90. The summed E-state index contributed by atoms with van der Waals surface area (Å²) in [4.78, 5) is 44.7. The van der Waals surface area contributed by atoms with Gasteiger partial charge in [-0.3, -0.25) is 14.4 Å². The minimum absolute atomic E-state index is 0.0594. The van der Waals surface area contributed by atoms with Gasteiger partial charge < -0.3 is 24.5 Å². The van der Waals surface area contributed by atoms with Crippen molar-refractivity contribution in [2.24, 2.45) is 0 Å². The predicted molar refractivity (Wildman–Crippen MR) is 161 cm³/mol. The first kappa shape index (κ1) is 29.3. The van der Waals surface area contributed by atoms with Crippen LogP contribution in [0.4, 0.5) is 15.2 Å². The fourth-order valence-electron chi connectivity index (χ4n) is 5.56. The highest BCUT2D eigenvalue weighted by Crippen LogP contribution is 2.41. The molecule has 1 aliphatic carbocycles. The van der Waals surface area contributed by atoms with E-state index in [0.717, 1.165) is 28.9 Å². The maximum absolute atomic E-state index is 15.2. The number of carbonyl (C=O) groups excluding carboxylic acids is 2. The van der Waals surface area contributed by atoms with E-state index in [1.54, 1.807) is 30.5 Å². The molecular formula is C31H29ClFN3O6S. The van der Waals surface area contributed by atoms with E-state index >= 15 is 4.39 Å². The zero-order chi connectivity index (χ0) is 30.1. The molecular weight excluding hydrogens is 597 g/mol. The van der Waals surface area contributed by atoms with Gasteiger partial charge in [-0.1, -0.05) is 29.8 Å². The fourth-order valence-corrected chi connectivity index (χ4v) is 6.74. The molecule has 1 saturated heterocycles. The Bertz CT molecular complexity index is 1700. The SMILES string of the molecule is O=C(O)CCc1cnc(N2CC[C@H](OC3(C(=O)Cc4cc(Cl)c(NC(=O)c5coc6ccccc56)cc4F)CCC3)C2)s1. The van der Waals surface area contributed by atoms with Crippen LogP contribution in [-0.2, 0) is 27.2 Å². The Balaban J connectivity index is 1.08. The largest absolute Gasteiger partial charge is 0.481 e. The molecule has 3 heterocycles. The van der Waals surface area contributed by atoms with E-state index in [1.807, 2.05) is 0 Å². The lowest BCUT2D eigenvalue weighted by Crippen LogP contribution is -2.51. The average molecular weight is 626 g/mol. The maximum Gasteiger partial charge on any atom is 0.303 e.